The minimum absolute atomic E-state index is 0.00109. The second kappa shape index (κ2) is 11.7. The third-order valence-corrected chi connectivity index (χ3v) is 7.48. The monoisotopic (exact) mass is 550 g/mol. The number of halogens is 2. The number of thioether (sulfide) groups is 1. The van der Waals surface area contributed by atoms with E-state index in [0.717, 1.165) is 22.9 Å². The van der Waals surface area contributed by atoms with E-state index in [0.29, 0.717) is 45.7 Å². The van der Waals surface area contributed by atoms with E-state index in [9.17, 15) is 23.6 Å². The zero-order valence-corrected chi connectivity index (χ0v) is 22.4. The number of anilines is 1. The first kappa shape index (κ1) is 27.2. The fourth-order valence-corrected chi connectivity index (χ4v) is 5.36. The number of amides is 1. The number of hydrogen-bond acceptors (Lipinski definition) is 6. The number of thiocarbonyl (C=S) groups is 1. The molecular formula is C28H24F2N4O2S2. The van der Waals surface area contributed by atoms with Crippen LogP contribution in [-0.2, 0) is 24.4 Å². The molecule has 1 amide bonds. The first-order valence-corrected chi connectivity index (χ1v) is 13.1. The zero-order valence-electron chi connectivity index (χ0n) is 20.8. The number of hydrogen-bond donors (Lipinski definition) is 1. The van der Waals surface area contributed by atoms with E-state index in [2.05, 4.69) is 5.32 Å². The molecule has 0 radical (unpaired) electrons. The van der Waals surface area contributed by atoms with Crippen LogP contribution >= 0.6 is 24.0 Å². The van der Waals surface area contributed by atoms with Gasteiger partial charge in [0.25, 0.3) is 11.5 Å². The van der Waals surface area contributed by atoms with Crippen molar-refractivity contribution in [1.29, 1.82) is 5.26 Å². The number of carbonyl (C=O) groups is 1. The Bertz CT molecular complexity index is 1520. The van der Waals surface area contributed by atoms with Crippen molar-refractivity contribution in [1.82, 2.24) is 9.47 Å². The van der Waals surface area contributed by atoms with Crippen molar-refractivity contribution in [2.75, 3.05) is 5.32 Å². The van der Waals surface area contributed by atoms with Crippen LogP contribution < -0.4 is 10.9 Å². The maximum absolute atomic E-state index is 13.4. The van der Waals surface area contributed by atoms with Gasteiger partial charge in [-0.3, -0.25) is 19.1 Å². The average Bonchev–Trinajstić information content (AvgIpc) is 3.16. The Morgan fingerprint density at radius 1 is 1.05 bits per heavy atom. The molecule has 1 saturated heterocycles. The molecule has 38 heavy (non-hydrogen) atoms. The molecular weight excluding hydrogens is 526 g/mol. The summed E-state index contributed by atoms with van der Waals surface area (Å²) in [6.07, 6.45) is 2.29. The molecule has 0 unspecified atom stereocenters. The Morgan fingerprint density at radius 2 is 1.66 bits per heavy atom. The maximum Gasteiger partial charge on any atom is 0.270 e. The van der Waals surface area contributed by atoms with Gasteiger partial charge in [0, 0.05) is 18.7 Å². The van der Waals surface area contributed by atoms with E-state index in [4.69, 9.17) is 12.2 Å². The summed E-state index contributed by atoms with van der Waals surface area (Å²) in [6, 6.07) is 13.8. The van der Waals surface area contributed by atoms with Crippen molar-refractivity contribution in [3.8, 4) is 6.07 Å². The molecule has 6 nitrogen and oxygen atoms in total. The number of rotatable bonds is 8. The SMILES string of the molecule is CCCn1c(NCc2ccc(F)cc2)c(/C=C2/SC(=S)N(Cc3ccc(F)cc3)C2=O)c(C)c(C#N)c1=O. The van der Waals surface area contributed by atoms with Crippen molar-refractivity contribution in [2.24, 2.45) is 0 Å². The molecule has 1 aromatic heterocycles. The zero-order chi connectivity index (χ0) is 27.4. The van der Waals surface area contributed by atoms with Gasteiger partial charge in [0.2, 0.25) is 0 Å². The van der Waals surface area contributed by atoms with Crippen LogP contribution in [0.4, 0.5) is 14.6 Å². The fourth-order valence-electron chi connectivity index (χ4n) is 4.12. The van der Waals surface area contributed by atoms with Crippen LogP contribution in [0.2, 0.25) is 0 Å². The summed E-state index contributed by atoms with van der Waals surface area (Å²) in [4.78, 5) is 28.3. The Kier molecular flexibility index (Phi) is 8.39. The normalized spacial score (nSPS) is 14.3. The summed E-state index contributed by atoms with van der Waals surface area (Å²) in [5.74, 6) is -0.582. The topological polar surface area (TPSA) is 78.1 Å². The molecule has 4 rings (SSSR count). The van der Waals surface area contributed by atoms with E-state index in [1.165, 1.54) is 33.7 Å². The van der Waals surface area contributed by atoms with E-state index >= 15 is 0 Å². The summed E-state index contributed by atoms with van der Waals surface area (Å²) in [6.45, 7) is 4.43. The molecule has 1 N–H and O–H groups in total. The van der Waals surface area contributed by atoms with E-state index in [1.807, 2.05) is 13.0 Å². The molecule has 0 bridgehead atoms. The lowest BCUT2D eigenvalue weighted by molar-refractivity contribution is -0.122. The minimum Gasteiger partial charge on any atom is -0.367 e. The van der Waals surface area contributed by atoms with Gasteiger partial charge in [0.05, 0.1) is 11.4 Å². The highest BCUT2D eigenvalue weighted by molar-refractivity contribution is 8.26. The van der Waals surface area contributed by atoms with Crippen LogP contribution in [0.25, 0.3) is 6.08 Å². The second-order valence-electron chi connectivity index (χ2n) is 8.71. The predicted molar refractivity (Wildman–Crippen MR) is 149 cm³/mol. The Hall–Kier alpha value is -3.81. The van der Waals surface area contributed by atoms with Crippen molar-refractivity contribution in [3.05, 3.63) is 103 Å². The van der Waals surface area contributed by atoms with E-state index < -0.39 is 5.56 Å². The smallest absolute Gasteiger partial charge is 0.270 e. The molecule has 10 heteroatoms. The highest BCUT2D eigenvalue weighted by atomic mass is 32.2. The molecule has 3 aromatic rings. The highest BCUT2D eigenvalue weighted by Gasteiger charge is 2.33. The Balaban J connectivity index is 1.76. The van der Waals surface area contributed by atoms with Gasteiger partial charge in [-0.25, -0.2) is 8.78 Å². The van der Waals surface area contributed by atoms with Crippen LogP contribution in [0, 0.1) is 29.9 Å². The molecule has 2 aromatic carbocycles. The predicted octanol–water partition coefficient (Wildman–Crippen LogP) is 5.73. The third kappa shape index (κ3) is 5.69. The van der Waals surface area contributed by atoms with E-state index in [1.54, 1.807) is 37.3 Å². The largest absolute Gasteiger partial charge is 0.367 e. The third-order valence-electron chi connectivity index (χ3n) is 6.10. The molecule has 1 fully saturated rings. The van der Waals surface area contributed by atoms with Gasteiger partial charge in [-0.2, -0.15) is 5.26 Å². The molecule has 0 aliphatic carbocycles. The summed E-state index contributed by atoms with van der Waals surface area (Å²) >= 11 is 6.59. The van der Waals surface area contributed by atoms with Crippen molar-refractivity contribution in [3.63, 3.8) is 0 Å². The van der Waals surface area contributed by atoms with Crippen LogP contribution in [-0.4, -0.2) is 19.7 Å². The number of pyridine rings is 1. The molecule has 2 heterocycles. The van der Waals surface area contributed by atoms with Crippen LogP contribution in [0.3, 0.4) is 0 Å². The lowest BCUT2D eigenvalue weighted by atomic mass is 10.0. The number of aromatic nitrogens is 1. The van der Waals surface area contributed by atoms with Crippen molar-refractivity contribution < 1.29 is 13.6 Å². The van der Waals surface area contributed by atoms with Gasteiger partial charge in [-0.1, -0.05) is 55.2 Å². The van der Waals surface area contributed by atoms with Gasteiger partial charge in [-0.05, 0) is 60.4 Å². The van der Waals surface area contributed by atoms with Crippen LogP contribution in [0.5, 0.6) is 0 Å². The number of nitrogens with one attached hydrogen (secondary N) is 1. The summed E-state index contributed by atoms with van der Waals surface area (Å²) in [7, 11) is 0. The maximum atomic E-state index is 13.4. The molecule has 0 atom stereocenters. The molecule has 0 saturated carbocycles. The Labute approximate surface area is 228 Å². The first-order valence-electron chi connectivity index (χ1n) is 11.9. The number of nitrogens with zero attached hydrogens (tertiary/aromatic N) is 3. The summed E-state index contributed by atoms with van der Waals surface area (Å²) in [5.41, 5.74) is 2.06. The van der Waals surface area contributed by atoms with Crippen molar-refractivity contribution in [2.45, 2.75) is 39.9 Å². The van der Waals surface area contributed by atoms with Gasteiger partial charge < -0.3 is 5.32 Å². The first-order chi connectivity index (χ1) is 18.2. The number of benzene rings is 2. The molecule has 1 aliphatic rings. The Morgan fingerprint density at radius 3 is 2.24 bits per heavy atom. The van der Waals surface area contributed by atoms with Gasteiger partial charge in [-0.15, -0.1) is 0 Å². The summed E-state index contributed by atoms with van der Waals surface area (Å²) in [5, 5.41) is 13.0. The number of nitriles is 1. The lowest BCUT2D eigenvalue weighted by Crippen LogP contribution is -2.28. The minimum atomic E-state index is -0.422. The van der Waals surface area contributed by atoms with Gasteiger partial charge in [0.1, 0.15) is 33.4 Å². The number of carbonyl (C=O) groups excluding carboxylic acids is 1. The van der Waals surface area contributed by atoms with Crippen LogP contribution in [0.15, 0.2) is 58.2 Å². The summed E-state index contributed by atoms with van der Waals surface area (Å²) < 4.78 is 28.5. The highest BCUT2D eigenvalue weighted by Crippen LogP contribution is 2.36. The lowest BCUT2D eigenvalue weighted by Gasteiger charge is -2.20. The molecule has 194 valence electrons. The van der Waals surface area contributed by atoms with Gasteiger partial charge in [0.15, 0.2) is 0 Å². The van der Waals surface area contributed by atoms with Crippen LogP contribution in [0.1, 0.15) is 41.2 Å². The fraction of sp³-hybridized carbons (Fsp3) is 0.214. The second-order valence-corrected chi connectivity index (χ2v) is 10.4. The van der Waals surface area contributed by atoms with Gasteiger partial charge >= 0.3 is 0 Å². The van der Waals surface area contributed by atoms with E-state index in [-0.39, 0.29) is 29.6 Å². The quantitative estimate of drug-likeness (QED) is 0.285. The average molecular weight is 551 g/mol. The molecule has 0 spiro atoms. The standard InChI is InChI=1S/C28H24F2N4O2S2/c1-3-12-33-25(32-15-18-4-8-20(29)9-5-18)22(17(2)23(14-31)26(33)35)13-24-27(36)34(28(37)38-24)16-19-6-10-21(30)11-7-19/h4-11,13,32H,3,12,15-16H2,1-2H3/b24-13+. The van der Waals surface area contributed by atoms with Crippen molar-refractivity contribution >= 4 is 46.1 Å². The molecule has 1 aliphatic heterocycles.